The number of esters is 1. The van der Waals surface area contributed by atoms with Crippen LogP contribution in [0.15, 0.2) is 65.8 Å². The van der Waals surface area contributed by atoms with Gasteiger partial charge in [-0.15, -0.1) is 0 Å². The normalized spacial score (nSPS) is 14.6. The molecule has 1 aliphatic rings. The fraction of sp³-hybridized carbons (Fsp3) is 0.100. The highest BCUT2D eigenvalue weighted by Crippen LogP contribution is 2.26. The van der Waals surface area contributed by atoms with E-state index in [9.17, 15) is 14.9 Å². The highest BCUT2D eigenvalue weighted by molar-refractivity contribution is 6.13. The number of carbonyl (C=O) groups excluding carboxylic acids is 1. The van der Waals surface area contributed by atoms with Crippen molar-refractivity contribution in [1.82, 2.24) is 0 Å². The molecule has 0 aromatic heterocycles. The fourth-order valence-corrected chi connectivity index (χ4v) is 2.58. The fourth-order valence-electron chi connectivity index (χ4n) is 2.58. The van der Waals surface area contributed by atoms with E-state index in [1.165, 1.54) is 12.1 Å². The molecular formula is C20H16N2O5. The van der Waals surface area contributed by atoms with E-state index >= 15 is 0 Å². The first-order valence-corrected chi connectivity index (χ1v) is 8.10. The second-order valence-electron chi connectivity index (χ2n) is 5.72. The van der Waals surface area contributed by atoms with Crippen LogP contribution in [0.5, 0.6) is 5.75 Å². The number of nitro groups is 1. The summed E-state index contributed by atoms with van der Waals surface area (Å²) in [6.07, 6.45) is 3.21. The number of rotatable bonds is 6. The Morgan fingerprint density at radius 1 is 1.30 bits per heavy atom. The van der Waals surface area contributed by atoms with Gasteiger partial charge in [-0.05, 0) is 36.8 Å². The standard InChI is InChI=1S/C20H16N2O5/c1-3-10-26-15-7-4-6-14(11-15)12-17-20(23)27-19(21-17)16-8-5-9-18(13(16)2)22(24)25/h3-9,11-12H,1,10H2,2H3/b17-12-. The monoisotopic (exact) mass is 364 g/mol. The molecule has 0 radical (unpaired) electrons. The zero-order valence-corrected chi connectivity index (χ0v) is 14.5. The van der Waals surface area contributed by atoms with Crippen molar-refractivity contribution in [2.24, 2.45) is 4.99 Å². The third-order valence-corrected chi connectivity index (χ3v) is 3.88. The van der Waals surface area contributed by atoms with Crippen molar-refractivity contribution in [3.63, 3.8) is 0 Å². The first-order valence-electron chi connectivity index (χ1n) is 8.10. The van der Waals surface area contributed by atoms with E-state index in [4.69, 9.17) is 9.47 Å². The number of nitro benzene ring substituents is 1. The van der Waals surface area contributed by atoms with Gasteiger partial charge in [0.05, 0.1) is 4.92 Å². The Morgan fingerprint density at radius 3 is 2.81 bits per heavy atom. The lowest BCUT2D eigenvalue weighted by Gasteiger charge is -2.04. The molecule has 0 saturated carbocycles. The average Bonchev–Trinajstić information content (AvgIpc) is 3.00. The molecule has 0 fully saturated rings. The molecular weight excluding hydrogens is 348 g/mol. The maximum absolute atomic E-state index is 12.2. The van der Waals surface area contributed by atoms with Crippen molar-refractivity contribution in [3.8, 4) is 5.75 Å². The van der Waals surface area contributed by atoms with Crippen LogP contribution >= 0.6 is 0 Å². The van der Waals surface area contributed by atoms with Gasteiger partial charge in [0, 0.05) is 17.2 Å². The molecule has 27 heavy (non-hydrogen) atoms. The number of aliphatic imine (C=N–C) groups is 1. The van der Waals surface area contributed by atoms with E-state index in [1.54, 1.807) is 49.4 Å². The predicted octanol–water partition coefficient (Wildman–Crippen LogP) is 3.81. The van der Waals surface area contributed by atoms with Crippen LogP contribution in [0, 0.1) is 17.0 Å². The number of nitrogens with zero attached hydrogens (tertiary/aromatic N) is 2. The number of hydrogen-bond donors (Lipinski definition) is 0. The summed E-state index contributed by atoms with van der Waals surface area (Å²) in [5, 5.41) is 11.1. The summed E-state index contributed by atoms with van der Waals surface area (Å²) < 4.78 is 10.7. The van der Waals surface area contributed by atoms with Gasteiger partial charge in [-0.3, -0.25) is 10.1 Å². The van der Waals surface area contributed by atoms with Gasteiger partial charge in [-0.2, -0.15) is 0 Å². The van der Waals surface area contributed by atoms with Gasteiger partial charge in [-0.1, -0.05) is 30.9 Å². The Kier molecular flexibility index (Phi) is 5.12. The zero-order chi connectivity index (χ0) is 19.4. The minimum absolute atomic E-state index is 0.0477. The summed E-state index contributed by atoms with van der Waals surface area (Å²) in [4.78, 5) is 27.0. The maximum Gasteiger partial charge on any atom is 0.363 e. The van der Waals surface area contributed by atoms with Crippen molar-refractivity contribution in [2.75, 3.05) is 6.61 Å². The molecule has 2 aromatic carbocycles. The molecule has 0 N–H and O–H groups in total. The molecule has 3 rings (SSSR count). The summed E-state index contributed by atoms with van der Waals surface area (Å²) in [6.45, 7) is 5.56. The van der Waals surface area contributed by atoms with Crippen molar-refractivity contribution in [1.29, 1.82) is 0 Å². The van der Waals surface area contributed by atoms with Gasteiger partial charge in [0.25, 0.3) is 5.69 Å². The summed E-state index contributed by atoms with van der Waals surface area (Å²) in [7, 11) is 0. The van der Waals surface area contributed by atoms with Crippen molar-refractivity contribution in [3.05, 3.63) is 87.6 Å². The maximum atomic E-state index is 12.2. The van der Waals surface area contributed by atoms with E-state index in [2.05, 4.69) is 11.6 Å². The van der Waals surface area contributed by atoms with Crippen LogP contribution in [0.3, 0.4) is 0 Å². The highest BCUT2D eigenvalue weighted by Gasteiger charge is 2.27. The molecule has 1 heterocycles. The quantitative estimate of drug-likeness (QED) is 0.255. The molecule has 2 aromatic rings. The minimum atomic E-state index is -0.617. The Hall–Kier alpha value is -3.74. The van der Waals surface area contributed by atoms with Gasteiger partial charge < -0.3 is 9.47 Å². The topological polar surface area (TPSA) is 91.0 Å². The molecule has 0 spiro atoms. The average molecular weight is 364 g/mol. The predicted molar refractivity (Wildman–Crippen MR) is 101 cm³/mol. The summed E-state index contributed by atoms with van der Waals surface area (Å²) in [5.74, 6) is 0.0641. The van der Waals surface area contributed by atoms with E-state index in [-0.39, 0.29) is 17.3 Å². The van der Waals surface area contributed by atoms with Crippen LogP contribution in [0.1, 0.15) is 16.7 Å². The van der Waals surface area contributed by atoms with Crippen molar-refractivity contribution >= 4 is 23.6 Å². The lowest BCUT2D eigenvalue weighted by atomic mass is 10.1. The molecule has 0 saturated heterocycles. The van der Waals surface area contributed by atoms with Crippen LogP contribution in [-0.2, 0) is 9.53 Å². The molecule has 1 aliphatic heterocycles. The lowest BCUT2D eigenvalue weighted by Crippen LogP contribution is -2.08. The van der Waals surface area contributed by atoms with Gasteiger partial charge in [-0.25, -0.2) is 9.79 Å². The van der Waals surface area contributed by atoms with Crippen LogP contribution in [0.4, 0.5) is 5.69 Å². The largest absolute Gasteiger partial charge is 0.490 e. The summed E-state index contributed by atoms with van der Waals surface area (Å²) in [5.41, 5.74) is 1.55. The SMILES string of the molecule is C=CCOc1cccc(/C=C2\N=C(c3cccc([N+](=O)[O-])c3C)OC2=O)c1. The number of carbonyl (C=O) groups is 1. The molecule has 7 heteroatoms. The van der Waals surface area contributed by atoms with E-state index in [0.717, 1.165) is 0 Å². The second kappa shape index (κ2) is 7.65. The number of benzene rings is 2. The molecule has 0 amide bonds. The third kappa shape index (κ3) is 3.92. The van der Waals surface area contributed by atoms with Crippen LogP contribution in [0.2, 0.25) is 0 Å². The van der Waals surface area contributed by atoms with Crippen molar-refractivity contribution < 1.29 is 19.2 Å². The van der Waals surface area contributed by atoms with Crippen LogP contribution in [0.25, 0.3) is 6.08 Å². The highest BCUT2D eigenvalue weighted by atomic mass is 16.6. The lowest BCUT2D eigenvalue weighted by molar-refractivity contribution is -0.385. The Balaban J connectivity index is 1.93. The summed E-state index contributed by atoms with van der Waals surface area (Å²) >= 11 is 0. The van der Waals surface area contributed by atoms with Crippen LogP contribution < -0.4 is 4.74 Å². The Morgan fingerprint density at radius 2 is 2.07 bits per heavy atom. The second-order valence-corrected chi connectivity index (χ2v) is 5.72. The molecule has 7 nitrogen and oxygen atoms in total. The van der Waals surface area contributed by atoms with Crippen LogP contribution in [-0.4, -0.2) is 23.4 Å². The molecule has 0 atom stereocenters. The Bertz CT molecular complexity index is 992. The van der Waals surface area contributed by atoms with Gasteiger partial charge in [0.15, 0.2) is 5.70 Å². The first kappa shape index (κ1) is 18.1. The number of ether oxygens (including phenoxy) is 2. The third-order valence-electron chi connectivity index (χ3n) is 3.88. The van der Waals surface area contributed by atoms with Gasteiger partial charge in [0.1, 0.15) is 12.4 Å². The zero-order valence-electron chi connectivity index (χ0n) is 14.5. The number of cyclic esters (lactones) is 1. The van der Waals surface area contributed by atoms with E-state index in [1.807, 2.05) is 0 Å². The first-order chi connectivity index (χ1) is 13.0. The van der Waals surface area contributed by atoms with Gasteiger partial charge in [0.2, 0.25) is 5.90 Å². The van der Waals surface area contributed by atoms with Gasteiger partial charge >= 0.3 is 5.97 Å². The molecule has 0 aliphatic carbocycles. The Labute approximate surface area is 155 Å². The van der Waals surface area contributed by atoms with E-state index < -0.39 is 10.9 Å². The molecule has 0 bridgehead atoms. The minimum Gasteiger partial charge on any atom is -0.490 e. The van der Waals surface area contributed by atoms with E-state index in [0.29, 0.717) is 29.0 Å². The van der Waals surface area contributed by atoms with Crippen molar-refractivity contribution in [2.45, 2.75) is 6.92 Å². The smallest absolute Gasteiger partial charge is 0.363 e. The number of hydrogen-bond acceptors (Lipinski definition) is 6. The summed E-state index contributed by atoms with van der Waals surface area (Å²) in [6, 6.07) is 11.7. The molecule has 0 unspecified atom stereocenters. The molecule has 136 valence electrons.